The smallest absolute Gasteiger partial charge is 0.345 e. The van der Waals surface area contributed by atoms with Crippen LogP contribution in [0.25, 0.3) is 0 Å². The number of piperazine rings is 1. The highest BCUT2D eigenvalue weighted by Crippen LogP contribution is 2.28. The summed E-state index contributed by atoms with van der Waals surface area (Å²) in [6, 6.07) is 17.1. The summed E-state index contributed by atoms with van der Waals surface area (Å²) in [7, 11) is 3.31. The Bertz CT molecular complexity index is 1030. The van der Waals surface area contributed by atoms with Gasteiger partial charge in [-0.1, -0.05) is 6.07 Å². The van der Waals surface area contributed by atoms with Gasteiger partial charge in [-0.3, -0.25) is 9.88 Å². The average molecular weight is 434 g/mol. The van der Waals surface area contributed by atoms with Crippen molar-refractivity contribution in [1.82, 2.24) is 9.88 Å². The zero-order valence-corrected chi connectivity index (χ0v) is 18.4. The standard InChI is InChI=1S/C25H27N3O4/c1-30-23-10-5-19(16-24(23)31-2)18-27-12-14-28(15-13-27)21-6-8-22(9-7-21)32-25(29)20-4-3-11-26-17-20/h3-11,16-17H,12-15,18H2,1-2H3. The molecule has 1 fully saturated rings. The van der Waals surface area contributed by atoms with Gasteiger partial charge in [-0.25, -0.2) is 4.79 Å². The van der Waals surface area contributed by atoms with Gasteiger partial charge in [0.05, 0.1) is 19.8 Å². The van der Waals surface area contributed by atoms with Crippen molar-refractivity contribution in [3.05, 3.63) is 78.1 Å². The van der Waals surface area contributed by atoms with Gasteiger partial charge >= 0.3 is 5.97 Å². The lowest BCUT2D eigenvalue weighted by atomic mass is 10.1. The zero-order chi connectivity index (χ0) is 22.3. The van der Waals surface area contributed by atoms with Gasteiger partial charge in [0.1, 0.15) is 5.75 Å². The van der Waals surface area contributed by atoms with Crippen molar-refractivity contribution in [3.63, 3.8) is 0 Å². The van der Waals surface area contributed by atoms with Crippen LogP contribution in [-0.4, -0.2) is 56.3 Å². The number of benzene rings is 2. The van der Waals surface area contributed by atoms with E-state index in [2.05, 4.69) is 20.9 Å². The third-order valence-corrected chi connectivity index (χ3v) is 5.54. The maximum Gasteiger partial charge on any atom is 0.345 e. The minimum Gasteiger partial charge on any atom is -0.493 e. The van der Waals surface area contributed by atoms with Crippen LogP contribution in [-0.2, 0) is 6.54 Å². The molecule has 4 rings (SSSR count). The number of hydrogen-bond acceptors (Lipinski definition) is 7. The van der Waals surface area contributed by atoms with Crippen LogP contribution >= 0.6 is 0 Å². The molecule has 0 unspecified atom stereocenters. The fraction of sp³-hybridized carbons (Fsp3) is 0.280. The van der Waals surface area contributed by atoms with Gasteiger partial charge in [-0.2, -0.15) is 0 Å². The monoisotopic (exact) mass is 433 g/mol. The lowest BCUT2D eigenvalue weighted by molar-refractivity contribution is 0.0734. The molecule has 1 saturated heterocycles. The molecule has 0 spiro atoms. The lowest BCUT2D eigenvalue weighted by Crippen LogP contribution is -2.45. The molecule has 0 atom stereocenters. The molecule has 3 aromatic rings. The predicted octanol–water partition coefficient (Wildman–Crippen LogP) is 3.64. The Balaban J connectivity index is 1.30. The van der Waals surface area contributed by atoms with E-state index in [0.717, 1.165) is 49.9 Å². The van der Waals surface area contributed by atoms with Crippen LogP contribution in [0.5, 0.6) is 17.2 Å². The molecule has 1 aliphatic heterocycles. The molecule has 166 valence electrons. The van der Waals surface area contributed by atoms with Gasteiger partial charge in [-0.15, -0.1) is 0 Å². The normalized spacial score (nSPS) is 14.1. The molecule has 0 N–H and O–H groups in total. The second-order valence-corrected chi connectivity index (χ2v) is 7.58. The van der Waals surface area contributed by atoms with Gasteiger partial charge in [0.15, 0.2) is 11.5 Å². The fourth-order valence-corrected chi connectivity index (χ4v) is 3.78. The first kappa shape index (κ1) is 21.6. The summed E-state index contributed by atoms with van der Waals surface area (Å²) in [5.41, 5.74) is 2.76. The number of methoxy groups -OCH3 is 2. The van der Waals surface area contributed by atoms with Crippen LogP contribution in [0.2, 0.25) is 0 Å². The van der Waals surface area contributed by atoms with Crippen molar-refractivity contribution < 1.29 is 19.0 Å². The maximum absolute atomic E-state index is 12.2. The average Bonchev–Trinajstić information content (AvgIpc) is 2.85. The first-order chi connectivity index (χ1) is 15.7. The van der Waals surface area contributed by atoms with Crippen molar-refractivity contribution in [2.75, 3.05) is 45.3 Å². The second kappa shape index (κ2) is 10.2. The molecule has 32 heavy (non-hydrogen) atoms. The predicted molar refractivity (Wildman–Crippen MR) is 123 cm³/mol. The molecule has 1 aliphatic rings. The molecule has 0 saturated carbocycles. The minimum absolute atomic E-state index is 0.408. The van der Waals surface area contributed by atoms with E-state index >= 15 is 0 Å². The molecule has 0 amide bonds. The van der Waals surface area contributed by atoms with E-state index in [1.165, 1.54) is 11.8 Å². The number of anilines is 1. The van der Waals surface area contributed by atoms with Crippen molar-refractivity contribution >= 4 is 11.7 Å². The molecule has 0 radical (unpaired) electrons. The van der Waals surface area contributed by atoms with Crippen LogP contribution < -0.4 is 19.1 Å². The summed E-state index contributed by atoms with van der Waals surface area (Å²) in [5.74, 6) is 1.62. The van der Waals surface area contributed by atoms with Crippen LogP contribution in [0, 0.1) is 0 Å². The SMILES string of the molecule is COc1ccc(CN2CCN(c3ccc(OC(=O)c4cccnc4)cc3)CC2)cc1OC. The van der Waals surface area contributed by atoms with Crippen molar-refractivity contribution in [2.45, 2.75) is 6.54 Å². The number of aromatic nitrogens is 1. The number of carbonyl (C=O) groups is 1. The Kier molecular flexibility index (Phi) is 6.87. The fourth-order valence-electron chi connectivity index (χ4n) is 3.78. The molecule has 7 heteroatoms. The number of carbonyl (C=O) groups excluding carboxylic acids is 1. The van der Waals surface area contributed by atoms with Crippen molar-refractivity contribution in [2.24, 2.45) is 0 Å². The van der Waals surface area contributed by atoms with E-state index in [-0.39, 0.29) is 0 Å². The Labute approximate surface area is 188 Å². The van der Waals surface area contributed by atoms with Crippen molar-refractivity contribution in [1.29, 1.82) is 0 Å². The number of esters is 1. The minimum atomic E-state index is -0.408. The summed E-state index contributed by atoms with van der Waals surface area (Å²) >= 11 is 0. The molecular formula is C25H27N3O4. The molecule has 1 aromatic heterocycles. The van der Waals surface area contributed by atoms with Gasteiger partial charge in [-0.05, 0) is 54.1 Å². The van der Waals surface area contributed by atoms with E-state index in [1.54, 1.807) is 32.5 Å². The van der Waals surface area contributed by atoms with E-state index < -0.39 is 5.97 Å². The first-order valence-electron chi connectivity index (χ1n) is 10.6. The quantitative estimate of drug-likeness (QED) is 0.416. The van der Waals surface area contributed by atoms with Gasteiger partial charge in [0, 0.05) is 50.8 Å². The van der Waals surface area contributed by atoms with Gasteiger partial charge in [0.2, 0.25) is 0 Å². The van der Waals surface area contributed by atoms with Gasteiger partial charge < -0.3 is 19.1 Å². The number of hydrogen-bond donors (Lipinski definition) is 0. The highest BCUT2D eigenvalue weighted by atomic mass is 16.5. The maximum atomic E-state index is 12.2. The summed E-state index contributed by atoms with van der Waals surface area (Å²) in [6.45, 7) is 4.67. The third-order valence-electron chi connectivity index (χ3n) is 5.54. The number of ether oxygens (including phenoxy) is 3. The summed E-state index contributed by atoms with van der Waals surface area (Å²) in [4.78, 5) is 20.9. The highest BCUT2D eigenvalue weighted by molar-refractivity contribution is 5.90. The molecule has 7 nitrogen and oxygen atoms in total. The second-order valence-electron chi connectivity index (χ2n) is 7.58. The van der Waals surface area contributed by atoms with E-state index in [0.29, 0.717) is 11.3 Å². The topological polar surface area (TPSA) is 64.1 Å². The molecule has 0 aliphatic carbocycles. The Morgan fingerprint density at radius 2 is 1.69 bits per heavy atom. The van der Waals surface area contributed by atoms with Gasteiger partial charge in [0.25, 0.3) is 0 Å². The summed E-state index contributed by atoms with van der Waals surface area (Å²) < 4.78 is 16.2. The van der Waals surface area contributed by atoms with E-state index in [9.17, 15) is 4.79 Å². The van der Waals surface area contributed by atoms with Crippen LogP contribution in [0.1, 0.15) is 15.9 Å². The molecule has 2 heterocycles. The Morgan fingerprint density at radius 3 is 2.34 bits per heavy atom. The van der Waals surface area contributed by atoms with Crippen LogP contribution in [0.4, 0.5) is 5.69 Å². The number of pyridine rings is 1. The molecular weight excluding hydrogens is 406 g/mol. The summed E-state index contributed by atoms with van der Waals surface area (Å²) in [5, 5.41) is 0. The zero-order valence-electron chi connectivity index (χ0n) is 18.4. The summed E-state index contributed by atoms with van der Waals surface area (Å²) in [6.07, 6.45) is 3.12. The Hall–Kier alpha value is -3.58. The van der Waals surface area contributed by atoms with Crippen molar-refractivity contribution in [3.8, 4) is 17.2 Å². The number of nitrogens with zero attached hydrogens (tertiary/aromatic N) is 3. The van der Waals surface area contributed by atoms with Crippen LogP contribution in [0.3, 0.4) is 0 Å². The molecule has 0 bridgehead atoms. The largest absolute Gasteiger partial charge is 0.493 e. The third kappa shape index (κ3) is 5.18. The lowest BCUT2D eigenvalue weighted by Gasteiger charge is -2.36. The van der Waals surface area contributed by atoms with Crippen LogP contribution in [0.15, 0.2) is 67.0 Å². The van der Waals surface area contributed by atoms with E-state index in [4.69, 9.17) is 14.2 Å². The molecule has 2 aromatic carbocycles. The Morgan fingerprint density at radius 1 is 0.938 bits per heavy atom. The van der Waals surface area contributed by atoms with E-state index in [1.807, 2.05) is 36.4 Å². The number of rotatable bonds is 7. The first-order valence-corrected chi connectivity index (χ1v) is 10.6. The highest BCUT2D eigenvalue weighted by Gasteiger charge is 2.18.